The molecule has 1 atom stereocenters. The van der Waals surface area contributed by atoms with Crippen LogP contribution in [0.3, 0.4) is 0 Å². The summed E-state index contributed by atoms with van der Waals surface area (Å²) in [5.41, 5.74) is 1.11. The lowest BCUT2D eigenvalue weighted by Crippen LogP contribution is -2.30. The van der Waals surface area contributed by atoms with E-state index in [1.165, 1.54) is 4.90 Å². The van der Waals surface area contributed by atoms with Crippen LogP contribution in [0.25, 0.3) is 0 Å². The summed E-state index contributed by atoms with van der Waals surface area (Å²) in [5.74, 6) is 0.955. The lowest BCUT2D eigenvalue weighted by molar-refractivity contribution is 0.617. The summed E-state index contributed by atoms with van der Waals surface area (Å²) in [5, 5.41) is 5.49. The predicted octanol–water partition coefficient (Wildman–Crippen LogP) is 5.57. The number of rotatable bonds is 6. The van der Waals surface area contributed by atoms with Crippen molar-refractivity contribution in [1.82, 2.24) is 5.32 Å². The van der Waals surface area contributed by atoms with Crippen LogP contribution in [-0.4, -0.2) is 18.8 Å². The third kappa shape index (κ3) is 5.39. The summed E-state index contributed by atoms with van der Waals surface area (Å²) < 4.78 is 0. The maximum absolute atomic E-state index is 6.23. The van der Waals surface area contributed by atoms with Crippen LogP contribution >= 0.6 is 46.6 Å². The van der Waals surface area contributed by atoms with Crippen LogP contribution in [0.5, 0.6) is 0 Å². The first-order chi connectivity index (χ1) is 10.1. The maximum atomic E-state index is 6.23. The minimum Gasteiger partial charge on any atom is -0.316 e. The second kappa shape index (κ2) is 8.30. The van der Waals surface area contributed by atoms with E-state index in [4.69, 9.17) is 34.8 Å². The number of likely N-dealkylation sites (N-methyl/N-ethyl adjacent to an activating group) is 1. The van der Waals surface area contributed by atoms with Crippen LogP contribution in [0.2, 0.25) is 15.1 Å². The summed E-state index contributed by atoms with van der Waals surface area (Å²) in [6, 6.07) is 13.9. The summed E-state index contributed by atoms with van der Waals surface area (Å²) in [6.45, 7) is 0. The Hall–Kier alpha value is -0.380. The third-order valence-corrected chi connectivity index (χ3v) is 5.17. The molecule has 0 saturated heterocycles. The van der Waals surface area contributed by atoms with Gasteiger partial charge < -0.3 is 5.32 Å². The summed E-state index contributed by atoms with van der Waals surface area (Å²) in [4.78, 5) is 1.21. The molecule has 5 heteroatoms. The second-order valence-corrected chi connectivity index (χ2v) is 7.06. The number of thioether (sulfide) groups is 1. The Morgan fingerprint density at radius 2 is 1.67 bits per heavy atom. The van der Waals surface area contributed by atoms with Crippen LogP contribution in [0, 0.1) is 0 Å². The smallest absolute Gasteiger partial charge is 0.0453 e. The molecule has 0 heterocycles. The van der Waals surface area contributed by atoms with Crippen molar-refractivity contribution in [2.75, 3.05) is 12.8 Å². The zero-order chi connectivity index (χ0) is 15.2. The first-order valence-corrected chi connectivity index (χ1v) is 8.70. The zero-order valence-corrected chi connectivity index (χ0v) is 14.7. The highest BCUT2D eigenvalue weighted by atomic mass is 35.5. The molecule has 2 aromatic carbocycles. The Morgan fingerprint density at radius 1 is 1.00 bits per heavy atom. The Balaban J connectivity index is 1.95. The monoisotopic (exact) mass is 359 g/mol. The molecule has 1 nitrogen and oxygen atoms in total. The zero-order valence-electron chi connectivity index (χ0n) is 11.6. The van der Waals surface area contributed by atoms with Crippen molar-refractivity contribution in [2.45, 2.75) is 17.4 Å². The van der Waals surface area contributed by atoms with Crippen LogP contribution in [-0.2, 0) is 6.42 Å². The molecular formula is C16H16Cl3NS. The van der Waals surface area contributed by atoms with Crippen LogP contribution < -0.4 is 5.32 Å². The Morgan fingerprint density at radius 3 is 2.29 bits per heavy atom. The number of halogens is 3. The molecule has 0 aromatic heterocycles. The van der Waals surface area contributed by atoms with Gasteiger partial charge in [-0.05, 0) is 55.4 Å². The van der Waals surface area contributed by atoms with Gasteiger partial charge in [0.25, 0.3) is 0 Å². The minimum absolute atomic E-state index is 0.337. The van der Waals surface area contributed by atoms with Crippen molar-refractivity contribution >= 4 is 46.6 Å². The van der Waals surface area contributed by atoms with E-state index >= 15 is 0 Å². The minimum atomic E-state index is 0.337. The van der Waals surface area contributed by atoms with E-state index in [9.17, 15) is 0 Å². The number of benzene rings is 2. The molecule has 0 aliphatic heterocycles. The molecule has 1 unspecified atom stereocenters. The van der Waals surface area contributed by atoms with Crippen molar-refractivity contribution in [2.24, 2.45) is 0 Å². The standard InChI is InChI=1S/C16H16Cl3NS/c1-20-14(8-11-2-3-13(18)9-16(11)19)10-21-15-6-4-12(17)5-7-15/h2-7,9,14,20H,8,10H2,1H3. The normalized spacial score (nSPS) is 12.4. The third-order valence-electron chi connectivity index (χ3n) is 3.15. The Labute approximate surface area is 145 Å². The molecule has 21 heavy (non-hydrogen) atoms. The lowest BCUT2D eigenvalue weighted by Gasteiger charge is -2.17. The molecule has 0 amide bonds. The van der Waals surface area contributed by atoms with Crippen LogP contribution in [0.4, 0.5) is 0 Å². The first-order valence-electron chi connectivity index (χ1n) is 6.58. The molecule has 0 spiro atoms. The molecule has 1 N–H and O–H groups in total. The summed E-state index contributed by atoms with van der Waals surface area (Å²) in [6.07, 6.45) is 0.868. The molecule has 0 aliphatic carbocycles. The second-order valence-electron chi connectivity index (χ2n) is 4.69. The number of hydrogen-bond donors (Lipinski definition) is 1. The maximum Gasteiger partial charge on any atom is 0.0453 e. The fraction of sp³-hybridized carbons (Fsp3) is 0.250. The number of nitrogens with one attached hydrogen (secondary N) is 1. The van der Waals surface area contributed by atoms with Crippen LogP contribution in [0.15, 0.2) is 47.4 Å². The molecule has 2 aromatic rings. The van der Waals surface area contributed by atoms with E-state index in [0.717, 1.165) is 27.8 Å². The van der Waals surface area contributed by atoms with E-state index in [1.807, 2.05) is 43.4 Å². The van der Waals surface area contributed by atoms with Gasteiger partial charge in [-0.3, -0.25) is 0 Å². The van der Waals surface area contributed by atoms with Gasteiger partial charge in [-0.2, -0.15) is 0 Å². The Kier molecular flexibility index (Phi) is 6.72. The fourth-order valence-corrected chi connectivity index (χ4v) is 3.54. The van der Waals surface area contributed by atoms with E-state index in [-0.39, 0.29) is 0 Å². The molecule has 112 valence electrons. The highest BCUT2D eigenvalue weighted by Crippen LogP contribution is 2.25. The molecule has 2 rings (SSSR count). The average molecular weight is 361 g/mol. The highest BCUT2D eigenvalue weighted by molar-refractivity contribution is 7.99. The topological polar surface area (TPSA) is 12.0 Å². The fourth-order valence-electron chi connectivity index (χ4n) is 1.92. The SMILES string of the molecule is CNC(CSc1ccc(Cl)cc1)Cc1ccc(Cl)cc1Cl. The highest BCUT2D eigenvalue weighted by Gasteiger charge is 2.11. The first kappa shape index (κ1) is 17.0. The summed E-state index contributed by atoms with van der Waals surface area (Å²) >= 11 is 19.8. The van der Waals surface area contributed by atoms with Gasteiger partial charge >= 0.3 is 0 Å². The van der Waals surface area contributed by atoms with Gasteiger partial charge in [-0.1, -0.05) is 40.9 Å². The molecule has 0 saturated carbocycles. The molecule has 0 bridgehead atoms. The van der Waals surface area contributed by atoms with E-state index in [2.05, 4.69) is 5.32 Å². The van der Waals surface area contributed by atoms with Crippen LogP contribution in [0.1, 0.15) is 5.56 Å². The van der Waals surface area contributed by atoms with Gasteiger partial charge in [0.05, 0.1) is 0 Å². The van der Waals surface area contributed by atoms with Gasteiger partial charge in [-0.25, -0.2) is 0 Å². The number of hydrogen-bond acceptors (Lipinski definition) is 2. The van der Waals surface area contributed by atoms with Crippen molar-refractivity contribution in [3.8, 4) is 0 Å². The molecule has 0 radical (unpaired) electrons. The van der Waals surface area contributed by atoms with Gasteiger partial charge in [0.15, 0.2) is 0 Å². The Bertz CT molecular complexity index is 587. The van der Waals surface area contributed by atoms with E-state index in [1.54, 1.807) is 17.8 Å². The van der Waals surface area contributed by atoms with Gasteiger partial charge in [-0.15, -0.1) is 11.8 Å². The molecule has 0 fully saturated rings. The van der Waals surface area contributed by atoms with Crippen molar-refractivity contribution in [3.63, 3.8) is 0 Å². The quantitative estimate of drug-likeness (QED) is 0.676. The van der Waals surface area contributed by atoms with Gasteiger partial charge in [0, 0.05) is 31.8 Å². The molecule has 0 aliphatic rings. The van der Waals surface area contributed by atoms with E-state index in [0.29, 0.717) is 11.1 Å². The van der Waals surface area contributed by atoms with Gasteiger partial charge in [0.1, 0.15) is 0 Å². The van der Waals surface area contributed by atoms with Crippen molar-refractivity contribution in [1.29, 1.82) is 0 Å². The summed E-state index contributed by atoms with van der Waals surface area (Å²) in [7, 11) is 1.97. The van der Waals surface area contributed by atoms with Gasteiger partial charge in [0.2, 0.25) is 0 Å². The molecular weight excluding hydrogens is 345 g/mol. The van der Waals surface area contributed by atoms with Crippen molar-refractivity contribution < 1.29 is 0 Å². The largest absolute Gasteiger partial charge is 0.316 e. The van der Waals surface area contributed by atoms with E-state index < -0.39 is 0 Å². The van der Waals surface area contributed by atoms with Crippen molar-refractivity contribution in [3.05, 3.63) is 63.1 Å². The average Bonchev–Trinajstić information content (AvgIpc) is 2.47. The predicted molar refractivity (Wildman–Crippen MR) is 95.2 cm³/mol. The lowest BCUT2D eigenvalue weighted by atomic mass is 10.1.